The van der Waals surface area contributed by atoms with Gasteiger partial charge in [-0.05, 0) is 35.2 Å². The highest BCUT2D eigenvalue weighted by Gasteiger charge is 2.34. The van der Waals surface area contributed by atoms with Crippen molar-refractivity contribution in [3.8, 4) is 0 Å². The van der Waals surface area contributed by atoms with Crippen molar-refractivity contribution in [1.29, 1.82) is 0 Å². The lowest BCUT2D eigenvalue weighted by atomic mass is 9.88. The Labute approximate surface area is 161 Å². The lowest BCUT2D eigenvalue weighted by Gasteiger charge is -2.29. The zero-order chi connectivity index (χ0) is 20.5. The van der Waals surface area contributed by atoms with Gasteiger partial charge in [0.05, 0.1) is 17.5 Å². The molecule has 2 aromatic carbocycles. The van der Waals surface area contributed by atoms with Crippen molar-refractivity contribution < 1.29 is 22.8 Å². The summed E-state index contributed by atoms with van der Waals surface area (Å²) in [5.41, 5.74) is 0.907. The summed E-state index contributed by atoms with van der Waals surface area (Å²) in [4.78, 5) is 24.9. The van der Waals surface area contributed by atoms with Crippen molar-refractivity contribution in [2.75, 3.05) is 5.32 Å². The van der Waals surface area contributed by atoms with Gasteiger partial charge in [-0.3, -0.25) is 9.59 Å². The van der Waals surface area contributed by atoms with Gasteiger partial charge in [0.15, 0.2) is 0 Å². The quantitative estimate of drug-likeness (QED) is 0.799. The second-order valence-corrected chi connectivity index (χ2v) is 7.25. The maximum atomic E-state index is 13.1. The van der Waals surface area contributed by atoms with Crippen LogP contribution in [0.5, 0.6) is 0 Å². The Morgan fingerprint density at radius 2 is 1.86 bits per heavy atom. The van der Waals surface area contributed by atoms with Gasteiger partial charge in [-0.1, -0.05) is 44.2 Å². The lowest BCUT2D eigenvalue weighted by molar-refractivity contribution is -0.137. The third kappa shape index (κ3) is 4.18. The van der Waals surface area contributed by atoms with Gasteiger partial charge in [-0.15, -0.1) is 0 Å². The van der Waals surface area contributed by atoms with Crippen LogP contribution in [0, 0.1) is 5.92 Å². The first-order chi connectivity index (χ1) is 13.2. The van der Waals surface area contributed by atoms with E-state index in [1.54, 1.807) is 30.3 Å². The van der Waals surface area contributed by atoms with E-state index in [1.165, 1.54) is 6.07 Å². The van der Waals surface area contributed by atoms with Crippen molar-refractivity contribution >= 4 is 17.5 Å². The summed E-state index contributed by atoms with van der Waals surface area (Å²) >= 11 is 0. The fraction of sp³-hybridized carbons (Fsp3) is 0.333. The number of hydrogen-bond acceptors (Lipinski definition) is 2. The number of alkyl halides is 3. The van der Waals surface area contributed by atoms with E-state index >= 15 is 0 Å². The normalized spacial score (nSPS) is 17.6. The molecule has 1 heterocycles. The molecule has 28 heavy (non-hydrogen) atoms. The molecule has 4 nitrogen and oxygen atoms in total. The maximum absolute atomic E-state index is 13.1. The van der Waals surface area contributed by atoms with Crippen LogP contribution in [0.3, 0.4) is 0 Å². The van der Waals surface area contributed by atoms with Crippen LogP contribution in [-0.4, -0.2) is 11.8 Å². The highest BCUT2D eigenvalue weighted by atomic mass is 19.4. The minimum atomic E-state index is -4.46. The van der Waals surface area contributed by atoms with Crippen LogP contribution in [0.1, 0.15) is 48.9 Å². The van der Waals surface area contributed by atoms with Gasteiger partial charge in [0.2, 0.25) is 11.8 Å². The minimum absolute atomic E-state index is 0.00372. The molecule has 0 saturated carbocycles. The van der Waals surface area contributed by atoms with E-state index in [2.05, 4.69) is 10.6 Å². The number of carbonyl (C=O) groups excluding carboxylic acids is 2. The Morgan fingerprint density at radius 1 is 1.14 bits per heavy atom. The number of anilines is 1. The predicted molar refractivity (Wildman–Crippen MR) is 99.6 cm³/mol. The number of halogens is 3. The van der Waals surface area contributed by atoms with Crippen molar-refractivity contribution in [3.63, 3.8) is 0 Å². The van der Waals surface area contributed by atoms with Gasteiger partial charge in [-0.25, -0.2) is 0 Å². The molecule has 0 spiro atoms. The van der Waals surface area contributed by atoms with Gasteiger partial charge in [0, 0.05) is 12.1 Å². The minimum Gasteiger partial charge on any atom is -0.348 e. The smallest absolute Gasteiger partial charge is 0.348 e. The molecule has 0 aromatic heterocycles. The number of hydrogen-bond donors (Lipinski definition) is 2. The number of amides is 2. The Balaban J connectivity index is 1.88. The SMILES string of the molecule is CC(C)C(NC(=O)C1CC(=O)Nc2ccccc21)c1cccc(C(F)(F)F)c1. The number of carbonyl (C=O) groups is 2. The molecular weight excluding hydrogens is 369 g/mol. The number of fused-ring (bicyclic) bond motifs is 1. The monoisotopic (exact) mass is 390 g/mol. The van der Waals surface area contributed by atoms with Gasteiger partial charge in [0.1, 0.15) is 0 Å². The highest BCUT2D eigenvalue weighted by molar-refractivity contribution is 6.01. The standard InChI is InChI=1S/C21H21F3N2O2/c1-12(2)19(13-6-5-7-14(10-13)21(22,23)24)26-20(28)16-11-18(27)25-17-9-4-3-8-15(16)17/h3-10,12,16,19H,11H2,1-2H3,(H,25,27)(H,26,28). The largest absolute Gasteiger partial charge is 0.416 e. The Morgan fingerprint density at radius 3 is 2.54 bits per heavy atom. The first kappa shape index (κ1) is 19.9. The van der Waals surface area contributed by atoms with E-state index in [-0.39, 0.29) is 24.2 Å². The summed E-state index contributed by atoms with van der Waals surface area (Å²) in [5.74, 6) is -1.46. The Bertz CT molecular complexity index is 893. The molecule has 0 fully saturated rings. The van der Waals surface area contributed by atoms with Crippen LogP contribution >= 0.6 is 0 Å². The first-order valence-corrected chi connectivity index (χ1v) is 9.03. The number of para-hydroxylation sites is 1. The summed E-state index contributed by atoms with van der Waals surface area (Å²) in [5, 5.41) is 5.59. The number of nitrogens with one attached hydrogen (secondary N) is 2. The molecule has 3 rings (SSSR count). The van der Waals surface area contributed by atoms with Gasteiger partial charge in [-0.2, -0.15) is 13.2 Å². The molecule has 0 bridgehead atoms. The van der Waals surface area contributed by atoms with Crippen LogP contribution in [0.4, 0.5) is 18.9 Å². The third-order valence-corrected chi connectivity index (χ3v) is 4.85. The average Bonchev–Trinajstić information content (AvgIpc) is 2.64. The number of rotatable bonds is 4. The van der Waals surface area contributed by atoms with Crippen LogP contribution in [0.25, 0.3) is 0 Å². The van der Waals surface area contributed by atoms with E-state index in [1.807, 2.05) is 13.8 Å². The van der Waals surface area contributed by atoms with Gasteiger partial charge in [0.25, 0.3) is 0 Å². The first-order valence-electron chi connectivity index (χ1n) is 9.03. The van der Waals surface area contributed by atoms with E-state index in [4.69, 9.17) is 0 Å². The van der Waals surface area contributed by atoms with E-state index in [0.29, 0.717) is 16.8 Å². The second-order valence-electron chi connectivity index (χ2n) is 7.25. The lowest BCUT2D eigenvalue weighted by Crippen LogP contribution is -2.38. The third-order valence-electron chi connectivity index (χ3n) is 4.85. The predicted octanol–water partition coefficient (Wildman–Crippen LogP) is 4.64. The molecule has 2 amide bonds. The molecule has 1 aliphatic heterocycles. The van der Waals surface area contributed by atoms with E-state index in [9.17, 15) is 22.8 Å². The highest BCUT2D eigenvalue weighted by Crippen LogP contribution is 2.35. The Hall–Kier alpha value is -2.83. The molecule has 0 aliphatic carbocycles. The molecule has 0 radical (unpaired) electrons. The molecule has 2 atom stereocenters. The van der Waals surface area contributed by atoms with E-state index < -0.39 is 23.7 Å². The fourth-order valence-electron chi connectivity index (χ4n) is 3.44. The van der Waals surface area contributed by atoms with Crippen molar-refractivity contribution in [3.05, 3.63) is 65.2 Å². The van der Waals surface area contributed by atoms with Crippen LogP contribution in [-0.2, 0) is 15.8 Å². The zero-order valence-electron chi connectivity index (χ0n) is 15.5. The van der Waals surface area contributed by atoms with Crippen LogP contribution in [0.2, 0.25) is 0 Å². The molecular formula is C21H21F3N2O2. The molecule has 2 unspecified atom stereocenters. The Kier molecular flexibility index (Phi) is 5.45. The summed E-state index contributed by atoms with van der Waals surface area (Å²) in [6, 6.07) is 11.4. The van der Waals surface area contributed by atoms with Gasteiger partial charge < -0.3 is 10.6 Å². The molecule has 0 saturated heterocycles. The van der Waals surface area contributed by atoms with Crippen molar-refractivity contribution in [2.45, 2.75) is 38.4 Å². The molecule has 7 heteroatoms. The summed E-state index contributed by atoms with van der Waals surface area (Å²) in [6.45, 7) is 3.65. The molecule has 148 valence electrons. The topological polar surface area (TPSA) is 58.2 Å². The summed E-state index contributed by atoms with van der Waals surface area (Å²) in [7, 11) is 0. The maximum Gasteiger partial charge on any atom is 0.416 e. The summed E-state index contributed by atoms with van der Waals surface area (Å²) in [6.07, 6.45) is -4.46. The molecule has 1 aliphatic rings. The average molecular weight is 390 g/mol. The van der Waals surface area contributed by atoms with Gasteiger partial charge >= 0.3 is 6.18 Å². The fourth-order valence-corrected chi connectivity index (χ4v) is 3.44. The van der Waals surface area contributed by atoms with Crippen molar-refractivity contribution in [1.82, 2.24) is 5.32 Å². The molecule has 2 N–H and O–H groups in total. The van der Waals surface area contributed by atoms with Crippen LogP contribution < -0.4 is 10.6 Å². The number of benzene rings is 2. The van der Waals surface area contributed by atoms with Crippen molar-refractivity contribution in [2.24, 2.45) is 5.92 Å². The zero-order valence-corrected chi connectivity index (χ0v) is 15.5. The van der Waals surface area contributed by atoms with E-state index in [0.717, 1.165) is 12.1 Å². The second kappa shape index (κ2) is 7.66. The van der Waals surface area contributed by atoms with Crippen LogP contribution in [0.15, 0.2) is 48.5 Å². The molecule has 2 aromatic rings. The summed E-state index contributed by atoms with van der Waals surface area (Å²) < 4.78 is 39.2.